The molecule has 0 radical (unpaired) electrons. The zero-order chi connectivity index (χ0) is 12.8. The van der Waals surface area contributed by atoms with Gasteiger partial charge in [0.05, 0.1) is 10.9 Å². The van der Waals surface area contributed by atoms with Crippen molar-refractivity contribution in [3.63, 3.8) is 0 Å². The predicted octanol–water partition coefficient (Wildman–Crippen LogP) is 2.23. The largest absolute Gasteiger partial charge is 0.344 e. The first-order valence-electron chi connectivity index (χ1n) is 5.37. The minimum Gasteiger partial charge on any atom is -0.344 e. The van der Waals surface area contributed by atoms with Crippen LogP contribution in [0.25, 0.3) is 0 Å². The predicted molar refractivity (Wildman–Crippen MR) is 76.6 cm³/mol. The van der Waals surface area contributed by atoms with Crippen molar-refractivity contribution in [3.05, 3.63) is 34.1 Å². The molecule has 0 aliphatic rings. The van der Waals surface area contributed by atoms with Crippen LogP contribution in [0.3, 0.4) is 0 Å². The first-order chi connectivity index (χ1) is 8.04. The van der Waals surface area contributed by atoms with Gasteiger partial charge in [0.2, 0.25) is 5.91 Å². The van der Waals surface area contributed by atoms with Crippen LogP contribution < -0.4 is 5.32 Å². The highest BCUT2D eigenvalue weighted by Crippen LogP contribution is 2.17. The highest BCUT2D eigenvalue weighted by Gasteiger charge is 2.10. The van der Waals surface area contributed by atoms with Crippen LogP contribution in [0.2, 0.25) is 0 Å². The third-order valence-electron chi connectivity index (χ3n) is 2.46. The van der Waals surface area contributed by atoms with E-state index in [4.69, 9.17) is 0 Å². The molecule has 3 nitrogen and oxygen atoms in total. The van der Waals surface area contributed by atoms with Gasteiger partial charge < -0.3 is 10.2 Å². The highest BCUT2D eigenvalue weighted by molar-refractivity contribution is 9.10. The number of amides is 1. The van der Waals surface area contributed by atoms with Crippen LogP contribution in [0, 0.1) is 5.82 Å². The second-order valence-electron chi connectivity index (χ2n) is 3.84. The summed E-state index contributed by atoms with van der Waals surface area (Å²) in [6.45, 7) is 1.42. The average Bonchev–Trinajstić information content (AvgIpc) is 2.30. The summed E-state index contributed by atoms with van der Waals surface area (Å²) in [6, 6.07) is 4.63. The number of carbonyl (C=O) groups is 1. The van der Waals surface area contributed by atoms with Gasteiger partial charge in [-0.15, -0.1) is 12.4 Å². The number of hydrogen-bond donors (Lipinski definition) is 1. The third-order valence-corrected chi connectivity index (χ3v) is 3.07. The molecule has 0 aliphatic carbocycles. The van der Waals surface area contributed by atoms with Crippen molar-refractivity contribution >= 4 is 34.2 Å². The molecule has 0 fully saturated rings. The SMILES string of the molecule is CNCCN(C)C(=O)Cc1ccc(F)c(Br)c1.Cl. The minimum absolute atomic E-state index is 0. The Morgan fingerprint density at radius 2 is 2.17 bits per heavy atom. The molecule has 0 unspecified atom stereocenters. The van der Waals surface area contributed by atoms with Gasteiger partial charge in [0.15, 0.2) is 0 Å². The fraction of sp³-hybridized carbons (Fsp3) is 0.417. The molecular weight excluding hydrogens is 322 g/mol. The Hall–Kier alpha value is -0.650. The van der Waals surface area contributed by atoms with Gasteiger partial charge in [0.1, 0.15) is 5.82 Å². The molecule has 1 aromatic rings. The number of nitrogens with zero attached hydrogens (tertiary/aromatic N) is 1. The molecule has 0 atom stereocenters. The Labute approximate surface area is 121 Å². The smallest absolute Gasteiger partial charge is 0.226 e. The molecule has 0 aliphatic heterocycles. The van der Waals surface area contributed by atoms with Crippen LogP contribution in [-0.4, -0.2) is 38.0 Å². The first kappa shape index (κ1) is 17.4. The standard InChI is InChI=1S/C12H16BrFN2O.ClH/c1-15-5-6-16(2)12(17)8-9-3-4-11(14)10(13)7-9;/h3-4,7,15H,5-6,8H2,1-2H3;1H. The lowest BCUT2D eigenvalue weighted by Gasteiger charge is -2.16. The average molecular weight is 340 g/mol. The van der Waals surface area contributed by atoms with Crippen molar-refractivity contribution < 1.29 is 9.18 Å². The molecule has 1 N–H and O–H groups in total. The van der Waals surface area contributed by atoms with Crippen LogP contribution in [0.1, 0.15) is 5.56 Å². The van der Waals surface area contributed by atoms with Crippen molar-refractivity contribution in [3.8, 4) is 0 Å². The molecule has 0 saturated carbocycles. The fourth-order valence-electron chi connectivity index (χ4n) is 1.36. The number of benzene rings is 1. The van der Waals surface area contributed by atoms with E-state index < -0.39 is 0 Å². The van der Waals surface area contributed by atoms with E-state index in [0.717, 1.165) is 12.1 Å². The van der Waals surface area contributed by atoms with Crippen LogP contribution in [0.5, 0.6) is 0 Å². The van der Waals surface area contributed by atoms with Gasteiger partial charge >= 0.3 is 0 Å². The van der Waals surface area contributed by atoms with Crippen LogP contribution in [-0.2, 0) is 11.2 Å². The maximum Gasteiger partial charge on any atom is 0.226 e. The Bertz CT molecular complexity index is 404. The summed E-state index contributed by atoms with van der Waals surface area (Å²) in [5, 5.41) is 2.98. The monoisotopic (exact) mass is 338 g/mol. The van der Waals surface area contributed by atoms with Crippen molar-refractivity contribution in [1.82, 2.24) is 10.2 Å². The van der Waals surface area contributed by atoms with Crippen LogP contribution in [0.4, 0.5) is 4.39 Å². The Morgan fingerprint density at radius 3 is 2.72 bits per heavy atom. The molecule has 18 heavy (non-hydrogen) atoms. The summed E-state index contributed by atoms with van der Waals surface area (Å²) in [5.74, 6) is -0.288. The molecule has 0 bridgehead atoms. The lowest BCUT2D eigenvalue weighted by atomic mass is 10.1. The summed E-state index contributed by atoms with van der Waals surface area (Å²) >= 11 is 3.11. The van der Waals surface area contributed by atoms with Gasteiger partial charge in [-0.05, 0) is 40.7 Å². The van der Waals surface area contributed by atoms with E-state index in [1.807, 2.05) is 7.05 Å². The Morgan fingerprint density at radius 1 is 1.50 bits per heavy atom. The number of nitrogens with one attached hydrogen (secondary N) is 1. The molecular formula is C12H17BrClFN2O. The maximum absolute atomic E-state index is 13.0. The van der Waals surface area contributed by atoms with Crippen molar-refractivity contribution in [2.24, 2.45) is 0 Å². The number of carbonyl (C=O) groups excluding carboxylic acids is 1. The maximum atomic E-state index is 13.0. The molecule has 0 heterocycles. The van der Waals surface area contributed by atoms with Gasteiger partial charge in [-0.2, -0.15) is 0 Å². The fourth-order valence-corrected chi connectivity index (χ4v) is 1.79. The summed E-state index contributed by atoms with van der Waals surface area (Å²) in [5.41, 5.74) is 0.805. The molecule has 1 amide bonds. The van der Waals surface area contributed by atoms with Gasteiger partial charge in [-0.1, -0.05) is 6.07 Å². The van der Waals surface area contributed by atoms with E-state index in [2.05, 4.69) is 21.2 Å². The van der Waals surface area contributed by atoms with Gasteiger partial charge in [-0.3, -0.25) is 4.79 Å². The molecule has 6 heteroatoms. The van der Waals surface area contributed by atoms with E-state index in [0.29, 0.717) is 17.4 Å². The van der Waals surface area contributed by atoms with E-state index in [-0.39, 0.29) is 24.1 Å². The number of rotatable bonds is 5. The molecule has 0 aromatic heterocycles. The second kappa shape index (κ2) is 8.45. The lowest BCUT2D eigenvalue weighted by molar-refractivity contribution is -0.129. The Kier molecular flexibility index (Phi) is 8.15. The summed E-state index contributed by atoms with van der Waals surface area (Å²) < 4.78 is 13.4. The number of hydrogen-bond acceptors (Lipinski definition) is 2. The van der Waals surface area contributed by atoms with Crippen molar-refractivity contribution in [2.45, 2.75) is 6.42 Å². The Balaban J connectivity index is 0.00000289. The van der Waals surface area contributed by atoms with Gasteiger partial charge in [-0.25, -0.2) is 4.39 Å². The second-order valence-corrected chi connectivity index (χ2v) is 4.70. The third kappa shape index (κ3) is 5.33. The normalized spacial score (nSPS) is 9.78. The quantitative estimate of drug-likeness (QED) is 0.892. The molecule has 102 valence electrons. The van der Waals surface area contributed by atoms with E-state index in [1.54, 1.807) is 24.1 Å². The zero-order valence-corrected chi connectivity index (χ0v) is 12.8. The van der Waals surface area contributed by atoms with Gasteiger partial charge in [0, 0.05) is 20.1 Å². The number of likely N-dealkylation sites (N-methyl/N-ethyl adjacent to an activating group) is 2. The highest BCUT2D eigenvalue weighted by atomic mass is 79.9. The molecule has 1 aromatic carbocycles. The van der Waals surface area contributed by atoms with E-state index in [1.165, 1.54) is 6.07 Å². The number of halogens is 3. The van der Waals surface area contributed by atoms with Crippen LogP contribution >= 0.6 is 28.3 Å². The topological polar surface area (TPSA) is 32.3 Å². The van der Waals surface area contributed by atoms with Crippen LogP contribution in [0.15, 0.2) is 22.7 Å². The van der Waals surface area contributed by atoms with E-state index >= 15 is 0 Å². The minimum atomic E-state index is -0.315. The summed E-state index contributed by atoms with van der Waals surface area (Å²) in [4.78, 5) is 13.5. The summed E-state index contributed by atoms with van der Waals surface area (Å²) in [6.07, 6.45) is 0.291. The van der Waals surface area contributed by atoms with Crippen molar-refractivity contribution in [2.75, 3.05) is 27.2 Å². The molecule has 0 spiro atoms. The molecule has 1 rings (SSSR count). The lowest BCUT2D eigenvalue weighted by Crippen LogP contribution is -2.33. The summed E-state index contributed by atoms with van der Waals surface area (Å²) in [7, 11) is 3.60. The first-order valence-corrected chi connectivity index (χ1v) is 6.16. The van der Waals surface area contributed by atoms with E-state index in [9.17, 15) is 9.18 Å². The van der Waals surface area contributed by atoms with Gasteiger partial charge in [0.25, 0.3) is 0 Å². The van der Waals surface area contributed by atoms with Crippen molar-refractivity contribution in [1.29, 1.82) is 0 Å². The molecule has 0 saturated heterocycles. The zero-order valence-electron chi connectivity index (χ0n) is 10.4.